The second-order valence-corrected chi connectivity index (χ2v) is 9.62. The summed E-state index contributed by atoms with van der Waals surface area (Å²) in [7, 11) is 0. The SMILES string of the molecule is CCOC(=O)C1CCCN(Cc2ccc(OCCc3nc(-c4ccc(C(F)(F)F)cc4)oc3C)c(C)c2)C1. The number of carbonyl (C=O) groups is 1. The molecule has 9 heteroatoms. The molecule has 4 rings (SSSR count). The van der Waals surface area contributed by atoms with Crippen LogP contribution in [0.3, 0.4) is 0 Å². The van der Waals surface area contributed by atoms with Crippen molar-refractivity contribution in [2.75, 3.05) is 26.3 Å². The van der Waals surface area contributed by atoms with E-state index < -0.39 is 11.7 Å². The first-order chi connectivity index (χ1) is 18.1. The van der Waals surface area contributed by atoms with E-state index in [1.165, 1.54) is 12.1 Å². The van der Waals surface area contributed by atoms with Gasteiger partial charge in [0.25, 0.3) is 0 Å². The maximum Gasteiger partial charge on any atom is 0.416 e. The summed E-state index contributed by atoms with van der Waals surface area (Å²) in [5.74, 6) is 1.51. The minimum Gasteiger partial charge on any atom is -0.493 e. The average Bonchev–Trinajstić information content (AvgIpc) is 3.25. The van der Waals surface area contributed by atoms with Crippen LogP contribution in [0.1, 0.15) is 47.9 Å². The van der Waals surface area contributed by atoms with E-state index >= 15 is 0 Å². The van der Waals surface area contributed by atoms with Crippen LogP contribution in [0.2, 0.25) is 0 Å². The molecule has 38 heavy (non-hydrogen) atoms. The van der Waals surface area contributed by atoms with Crippen molar-refractivity contribution >= 4 is 5.97 Å². The normalized spacial score (nSPS) is 16.4. The number of oxazole rings is 1. The van der Waals surface area contributed by atoms with E-state index in [1.54, 1.807) is 6.92 Å². The Labute approximate surface area is 220 Å². The molecule has 2 aromatic carbocycles. The van der Waals surface area contributed by atoms with E-state index in [0.717, 1.165) is 54.9 Å². The lowest BCUT2D eigenvalue weighted by Gasteiger charge is -2.31. The molecule has 0 radical (unpaired) electrons. The van der Waals surface area contributed by atoms with Gasteiger partial charge in [0.15, 0.2) is 0 Å². The van der Waals surface area contributed by atoms with Gasteiger partial charge in [-0.25, -0.2) is 4.98 Å². The number of piperidine rings is 1. The lowest BCUT2D eigenvalue weighted by atomic mass is 9.97. The number of benzene rings is 2. The van der Waals surface area contributed by atoms with Gasteiger partial charge in [-0.3, -0.25) is 9.69 Å². The molecule has 1 fully saturated rings. The summed E-state index contributed by atoms with van der Waals surface area (Å²) >= 11 is 0. The molecule has 1 atom stereocenters. The zero-order valence-corrected chi connectivity index (χ0v) is 21.9. The molecular weight excluding hydrogens is 497 g/mol. The van der Waals surface area contributed by atoms with Crippen molar-refractivity contribution in [3.05, 3.63) is 70.6 Å². The van der Waals surface area contributed by atoms with Crippen molar-refractivity contribution in [3.63, 3.8) is 0 Å². The van der Waals surface area contributed by atoms with Crippen molar-refractivity contribution in [2.24, 2.45) is 5.92 Å². The van der Waals surface area contributed by atoms with Crippen LogP contribution in [0.25, 0.3) is 11.5 Å². The summed E-state index contributed by atoms with van der Waals surface area (Å²) in [4.78, 5) is 18.9. The fourth-order valence-electron chi connectivity index (χ4n) is 4.72. The van der Waals surface area contributed by atoms with Gasteiger partial charge in [-0.2, -0.15) is 13.2 Å². The Balaban J connectivity index is 1.31. The van der Waals surface area contributed by atoms with Crippen molar-refractivity contribution in [2.45, 2.75) is 52.8 Å². The Hall–Kier alpha value is -3.33. The molecule has 1 aromatic heterocycles. The highest BCUT2D eigenvalue weighted by atomic mass is 19.4. The van der Waals surface area contributed by atoms with E-state index in [-0.39, 0.29) is 17.8 Å². The molecule has 1 saturated heterocycles. The third kappa shape index (κ3) is 6.95. The summed E-state index contributed by atoms with van der Waals surface area (Å²) in [6.07, 6.45) is -2.03. The summed E-state index contributed by atoms with van der Waals surface area (Å²) in [5, 5.41) is 0. The van der Waals surface area contributed by atoms with Crippen molar-refractivity contribution < 1.29 is 31.9 Å². The minimum absolute atomic E-state index is 0.0628. The highest BCUT2D eigenvalue weighted by Crippen LogP contribution is 2.31. The van der Waals surface area contributed by atoms with Gasteiger partial charge in [-0.15, -0.1) is 0 Å². The van der Waals surface area contributed by atoms with E-state index in [4.69, 9.17) is 13.9 Å². The first kappa shape index (κ1) is 27.7. The fourth-order valence-corrected chi connectivity index (χ4v) is 4.72. The van der Waals surface area contributed by atoms with Crippen LogP contribution in [-0.2, 0) is 28.7 Å². The molecule has 1 unspecified atom stereocenters. The molecule has 6 nitrogen and oxygen atoms in total. The molecule has 2 heterocycles. The fraction of sp³-hybridized carbons (Fsp3) is 0.448. The standard InChI is InChI=1S/C29H33F3N2O4/c1-4-36-28(35)23-6-5-14-34(18-23)17-21-7-12-26(19(2)16-21)37-15-13-25-20(3)38-27(33-25)22-8-10-24(11-9-22)29(30,31)32/h7-12,16,23H,4-6,13-15,17-18H2,1-3H3. The smallest absolute Gasteiger partial charge is 0.416 e. The zero-order valence-electron chi connectivity index (χ0n) is 21.9. The van der Waals surface area contributed by atoms with Gasteiger partial charge in [-0.1, -0.05) is 12.1 Å². The number of aromatic nitrogens is 1. The number of ether oxygens (including phenoxy) is 2. The van der Waals surface area contributed by atoms with Crippen LogP contribution in [0, 0.1) is 19.8 Å². The van der Waals surface area contributed by atoms with Gasteiger partial charge in [-0.05, 0) is 81.6 Å². The second-order valence-electron chi connectivity index (χ2n) is 9.62. The predicted molar refractivity (Wildman–Crippen MR) is 137 cm³/mol. The lowest BCUT2D eigenvalue weighted by molar-refractivity contribution is -0.150. The average molecular weight is 531 g/mol. The summed E-state index contributed by atoms with van der Waals surface area (Å²) in [6.45, 7) is 8.84. The Morgan fingerprint density at radius 2 is 1.92 bits per heavy atom. The van der Waals surface area contributed by atoms with Crippen molar-refractivity contribution in [1.29, 1.82) is 0 Å². The number of halogens is 3. The molecule has 0 N–H and O–H groups in total. The molecule has 0 bridgehead atoms. The van der Waals surface area contributed by atoms with E-state index in [1.807, 2.05) is 26.0 Å². The number of alkyl halides is 3. The quantitative estimate of drug-likeness (QED) is 0.300. The number of hydrogen-bond donors (Lipinski definition) is 0. The molecule has 1 aliphatic heterocycles. The minimum atomic E-state index is -4.38. The van der Waals surface area contributed by atoms with Gasteiger partial charge in [0.05, 0.1) is 30.4 Å². The molecule has 1 aliphatic rings. The predicted octanol–water partition coefficient (Wildman–Crippen LogP) is 6.37. The van der Waals surface area contributed by atoms with Crippen LogP contribution in [-0.4, -0.2) is 42.2 Å². The van der Waals surface area contributed by atoms with Gasteiger partial charge >= 0.3 is 12.1 Å². The molecule has 204 valence electrons. The zero-order chi connectivity index (χ0) is 27.3. The highest BCUT2D eigenvalue weighted by Gasteiger charge is 2.30. The largest absolute Gasteiger partial charge is 0.493 e. The maximum absolute atomic E-state index is 12.8. The summed E-state index contributed by atoms with van der Waals surface area (Å²) < 4.78 is 55.4. The Kier molecular flexibility index (Phi) is 8.76. The Morgan fingerprint density at radius 1 is 1.16 bits per heavy atom. The molecule has 0 spiro atoms. The number of nitrogens with zero attached hydrogens (tertiary/aromatic N) is 2. The van der Waals surface area contributed by atoms with E-state index in [9.17, 15) is 18.0 Å². The van der Waals surface area contributed by atoms with Gasteiger partial charge in [0.2, 0.25) is 5.89 Å². The summed E-state index contributed by atoms with van der Waals surface area (Å²) in [6, 6.07) is 10.9. The summed E-state index contributed by atoms with van der Waals surface area (Å²) in [5.41, 5.74) is 2.66. The number of rotatable bonds is 9. The number of hydrogen-bond acceptors (Lipinski definition) is 6. The van der Waals surface area contributed by atoms with Crippen LogP contribution < -0.4 is 4.74 Å². The molecule has 0 amide bonds. The maximum atomic E-state index is 12.8. The van der Waals surface area contributed by atoms with Crippen LogP contribution in [0.5, 0.6) is 5.75 Å². The van der Waals surface area contributed by atoms with Gasteiger partial charge < -0.3 is 13.9 Å². The number of carbonyl (C=O) groups excluding carboxylic acids is 1. The number of aryl methyl sites for hydroxylation is 2. The Bertz CT molecular complexity index is 1240. The monoisotopic (exact) mass is 530 g/mol. The van der Waals surface area contributed by atoms with Crippen LogP contribution in [0.15, 0.2) is 46.9 Å². The topological polar surface area (TPSA) is 64.8 Å². The number of likely N-dealkylation sites (tertiary alicyclic amines) is 1. The van der Waals surface area contributed by atoms with Gasteiger partial charge in [0.1, 0.15) is 11.5 Å². The van der Waals surface area contributed by atoms with Gasteiger partial charge in [0, 0.05) is 25.1 Å². The first-order valence-electron chi connectivity index (χ1n) is 12.9. The third-order valence-electron chi connectivity index (χ3n) is 6.72. The van der Waals surface area contributed by atoms with E-state index in [0.29, 0.717) is 43.2 Å². The molecule has 3 aromatic rings. The third-order valence-corrected chi connectivity index (χ3v) is 6.72. The lowest BCUT2D eigenvalue weighted by Crippen LogP contribution is -2.38. The molecule has 0 aliphatic carbocycles. The molecular formula is C29H33F3N2O4. The van der Waals surface area contributed by atoms with Crippen molar-refractivity contribution in [3.8, 4) is 17.2 Å². The number of esters is 1. The van der Waals surface area contributed by atoms with Crippen LogP contribution >= 0.6 is 0 Å². The highest BCUT2D eigenvalue weighted by molar-refractivity contribution is 5.72. The van der Waals surface area contributed by atoms with Crippen molar-refractivity contribution in [1.82, 2.24) is 9.88 Å². The second kappa shape index (κ2) is 12.0. The first-order valence-corrected chi connectivity index (χ1v) is 12.9. The van der Waals surface area contributed by atoms with Crippen LogP contribution in [0.4, 0.5) is 13.2 Å². The Morgan fingerprint density at radius 3 is 2.61 bits per heavy atom. The van der Waals surface area contributed by atoms with E-state index in [2.05, 4.69) is 16.0 Å². The molecule has 0 saturated carbocycles.